The standard InChI is InChI=1S/C27H28N4OS/c1-18-14-15-24(20(3)16-18)31-25(17-22-11-6-5-7-12-22)29-30-27(31)33-21(4)26(32)28-23-13-9-8-10-19(23)2/h5-16,21H,17H2,1-4H3,(H,28,32). The van der Waals surface area contributed by atoms with Crippen molar-refractivity contribution in [3.05, 3.63) is 101 Å². The Bertz CT molecular complexity index is 1270. The molecule has 1 N–H and O–H groups in total. The van der Waals surface area contributed by atoms with Crippen molar-refractivity contribution < 1.29 is 4.79 Å². The molecule has 0 saturated carbocycles. The van der Waals surface area contributed by atoms with Crippen molar-refractivity contribution >= 4 is 23.4 Å². The lowest BCUT2D eigenvalue weighted by molar-refractivity contribution is -0.115. The highest BCUT2D eigenvalue weighted by Gasteiger charge is 2.22. The normalized spacial score (nSPS) is 11.9. The molecule has 5 nitrogen and oxygen atoms in total. The molecule has 0 aliphatic heterocycles. The number of hydrogen-bond acceptors (Lipinski definition) is 4. The van der Waals surface area contributed by atoms with Crippen LogP contribution in [0.2, 0.25) is 0 Å². The Balaban J connectivity index is 1.64. The summed E-state index contributed by atoms with van der Waals surface area (Å²) in [6.07, 6.45) is 0.658. The first-order valence-corrected chi connectivity index (χ1v) is 11.9. The van der Waals surface area contributed by atoms with Gasteiger partial charge in [-0.25, -0.2) is 0 Å². The van der Waals surface area contributed by atoms with Crippen molar-refractivity contribution in [1.82, 2.24) is 14.8 Å². The van der Waals surface area contributed by atoms with Gasteiger partial charge in [-0.2, -0.15) is 0 Å². The number of thioether (sulfide) groups is 1. The van der Waals surface area contributed by atoms with Gasteiger partial charge in [0.15, 0.2) is 5.16 Å². The number of carbonyl (C=O) groups is 1. The number of nitrogens with one attached hydrogen (secondary N) is 1. The van der Waals surface area contributed by atoms with Crippen LogP contribution in [0.15, 0.2) is 78.0 Å². The van der Waals surface area contributed by atoms with E-state index in [-0.39, 0.29) is 11.2 Å². The zero-order valence-corrected chi connectivity index (χ0v) is 20.2. The van der Waals surface area contributed by atoms with Gasteiger partial charge in [-0.15, -0.1) is 10.2 Å². The maximum Gasteiger partial charge on any atom is 0.237 e. The smallest absolute Gasteiger partial charge is 0.237 e. The summed E-state index contributed by atoms with van der Waals surface area (Å²) in [6, 6.07) is 24.4. The predicted octanol–water partition coefficient (Wildman–Crippen LogP) is 5.90. The average molecular weight is 457 g/mol. The number of aromatic nitrogens is 3. The molecule has 3 aromatic carbocycles. The third kappa shape index (κ3) is 5.34. The topological polar surface area (TPSA) is 59.8 Å². The largest absolute Gasteiger partial charge is 0.325 e. The van der Waals surface area contributed by atoms with Crippen molar-refractivity contribution in [3.63, 3.8) is 0 Å². The van der Waals surface area contributed by atoms with Gasteiger partial charge >= 0.3 is 0 Å². The minimum absolute atomic E-state index is 0.0610. The van der Waals surface area contributed by atoms with Crippen LogP contribution in [0.25, 0.3) is 5.69 Å². The molecule has 0 bridgehead atoms. The first kappa shape index (κ1) is 22.8. The molecule has 1 aromatic heterocycles. The highest BCUT2D eigenvalue weighted by atomic mass is 32.2. The first-order valence-electron chi connectivity index (χ1n) is 11.0. The van der Waals surface area contributed by atoms with Crippen molar-refractivity contribution in [2.75, 3.05) is 5.32 Å². The van der Waals surface area contributed by atoms with E-state index in [1.54, 1.807) is 0 Å². The molecule has 1 heterocycles. The Morgan fingerprint density at radius 1 is 0.939 bits per heavy atom. The minimum Gasteiger partial charge on any atom is -0.325 e. The molecule has 4 aromatic rings. The van der Waals surface area contributed by atoms with Crippen molar-refractivity contribution in [2.45, 2.75) is 44.5 Å². The lowest BCUT2D eigenvalue weighted by Crippen LogP contribution is -2.23. The summed E-state index contributed by atoms with van der Waals surface area (Å²) < 4.78 is 2.09. The van der Waals surface area contributed by atoms with E-state index < -0.39 is 0 Å². The van der Waals surface area contributed by atoms with Gasteiger partial charge in [0.25, 0.3) is 0 Å². The lowest BCUT2D eigenvalue weighted by atomic mass is 10.1. The van der Waals surface area contributed by atoms with E-state index >= 15 is 0 Å². The Labute approximate surface area is 199 Å². The average Bonchev–Trinajstić information content (AvgIpc) is 3.17. The van der Waals surface area contributed by atoms with Gasteiger partial charge in [0.2, 0.25) is 5.91 Å². The summed E-state index contributed by atoms with van der Waals surface area (Å²) in [5, 5.41) is 12.4. The number of amides is 1. The summed E-state index contributed by atoms with van der Waals surface area (Å²) in [6.45, 7) is 8.06. The number of aryl methyl sites for hydroxylation is 3. The summed E-state index contributed by atoms with van der Waals surface area (Å²) in [5.41, 5.74) is 6.41. The monoisotopic (exact) mass is 456 g/mol. The van der Waals surface area contributed by atoms with Crippen LogP contribution in [0.4, 0.5) is 5.69 Å². The fraction of sp³-hybridized carbons (Fsp3) is 0.222. The molecule has 0 radical (unpaired) electrons. The molecule has 168 valence electrons. The van der Waals surface area contributed by atoms with Gasteiger partial charge in [0.05, 0.1) is 10.9 Å². The highest BCUT2D eigenvalue weighted by Crippen LogP contribution is 2.29. The number of hydrogen-bond donors (Lipinski definition) is 1. The Morgan fingerprint density at radius 3 is 2.39 bits per heavy atom. The Hall–Kier alpha value is -3.38. The van der Waals surface area contributed by atoms with Crippen LogP contribution in [0.5, 0.6) is 0 Å². The van der Waals surface area contributed by atoms with E-state index in [0.29, 0.717) is 11.6 Å². The van der Waals surface area contributed by atoms with E-state index in [4.69, 9.17) is 0 Å². The molecule has 33 heavy (non-hydrogen) atoms. The quantitative estimate of drug-likeness (QED) is 0.352. The molecular weight excluding hydrogens is 428 g/mol. The van der Waals surface area contributed by atoms with Crippen LogP contribution >= 0.6 is 11.8 Å². The molecule has 0 fully saturated rings. The second kappa shape index (κ2) is 10.0. The van der Waals surface area contributed by atoms with Crippen LogP contribution in [0.3, 0.4) is 0 Å². The number of nitrogens with zero attached hydrogens (tertiary/aromatic N) is 3. The van der Waals surface area contributed by atoms with E-state index in [2.05, 4.69) is 64.3 Å². The number of carbonyl (C=O) groups excluding carboxylic acids is 1. The fourth-order valence-corrected chi connectivity index (χ4v) is 4.61. The summed E-state index contributed by atoms with van der Waals surface area (Å²) in [5.74, 6) is 0.788. The maximum absolute atomic E-state index is 12.9. The number of benzene rings is 3. The molecule has 1 amide bonds. The van der Waals surface area contributed by atoms with E-state index in [1.165, 1.54) is 17.3 Å². The van der Waals surface area contributed by atoms with Crippen LogP contribution in [0, 0.1) is 20.8 Å². The van der Waals surface area contributed by atoms with Gasteiger partial charge in [0.1, 0.15) is 5.82 Å². The van der Waals surface area contributed by atoms with Gasteiger partial charge < -0.3 is 5.32 Å². The van der Waals surface area contributed by atoms with Crippen LogP contribution in [-0.2, 0) is 11.2 Å². The molecule has 0 spiro atoms. The van der Waals surface area contributed by atoms with Crippen molar-refractivity contribution in [2.24, 2.45) is 0 Å². The molecule has 0 saturated heterocycles. The predicted molar refractivity (Wildman–Crippen MR) is 135 cm³/mol. The third-order valence-corrected chi connectivity index (χ3v) is 6.60. The third-order valence-electron chi connectivity index (χ3n) is 5.55. The lowest BCUT2D eigenvalue weighted by Gasteiger charge is -2.16. The van der Waals surface area contributed by atoms with Gasteiger partial charge in [-0.05, 0) is 56.5 Å². The maximum atomic E-state index is 12.9. The molecule has 1 unspecified atom stereocenters. The highest BCUT2D eigenvalue weighted by molar-refractivity contribution is 8.00. The number of anilines is 1. The second-order valence-electron chi connectivity index (χ2n) is 8.25. The number of rotatable bonds is 7. The van der Waals surface area contributed by atoms with Crippen LogP contribution in [0.1, 0.15) is 35.0 Å². The van der Waals surface area contributed by atoms with Crippen LogP contribution in [-0.4, -0.2) is 25.9 Å². The van der Waals surface area contributed by atoms with Gasteiger partial charge in [-0.1, -0.05) is 78.0 Å². The van der Waals surface area contributed by atoms with Gasteiger partial charge in [-0.3, -0.25) is 9.36 Å². The van der Waals surface area contributed by atoms with E-state index in [9.17, 15) is 4.79 Å². The summed E-state index contributed by atoms with van der Waals surface area (Å²) in [4.78, 5) is 12.9. The van der Waals surface area contributed by atoms with Crippen LogP contribution < -0.4 is 5.32 Å². The zero-order valence-electron chi connectivity index (χ0n) is 19.4. The number of para-hydroxylation sites is 1. The molecule has 1 atom stereocenters. The minimum atomic E-state index is -0.345. The molecule has 6 heteroatoms. The molecule has 4 rings (SSSR count). The van der Waals surface area contributed by atoms with Crippen molar-refractivity contribution in [1.29, 1.82) is 0 Å². The second-order valence-corrected chi connectivity index (χ2v) is 9.56. The Morgan fingerprint density at radius 2 is 1.67 bits per heavy atom. The Kier molecular flexibility index (Phi) is 6.94. The van der Waals surface area contributed by atoms with Crippen molar-refractivity contribution in [3.8, 4) is 5.69 Å². The zero-order chi connectivity index (χ0) is 23.4. The summed E-state index contributed by atoms with van der Waals surface area (Å²) >= 11 is 1.42. The molecule has 0 aliphatic rings. The molecular formula is C27H28N4OS. The first-order chi connectivity index (χ1) is 15.9. The SMILES string of the molecule is Cc1ccc(-n2c(Cc3ccccc3)nnc2SC(C)C(=O)Nc2ccccc2C)c(C)c1. The van der Waals surface area contributed by atoms with E-state index in [1.807, 2.05) is 56.3 Å². The summed E-state index contributed by atoms with van der Waals surface area (Å²) in [7, 11) is 0. The fourth-order valence-electron chi connectivity index (χ4n) is 3.73. The van der Waals surface area contributed by atoms with Gasteiger partial charge in [0, 0.05) is 12.1 Å². The van der Waals surface area contributed by atoms with E-state index in [0.717, 1.165) is 33.9 Å². The molecule has 0 aliphatic carbocycles.